The van der Waals surface area contributed by atoms with Crippen molar-refractivity contribution in [1.29, 1.82) is 0 Å². The highest BCUT2D eigenvalue weighted by molar-refractivity contribution is 6.20. The molecule has 1 saturated heterocycles. The van der Waals surface area contributed by atoms with Gasteiger partial charge in [-0.2, -0.15) is 0 Å². The lowest BCUT2D eigenvalue weighted by Crippen LogP contribution is -2.34. The quantitative estimate of drug-likeness (QED) is 0.596. The van der Waals surface area contributed by atoms with Crippen LogP contribution in [0, 0.1) is 0 Å². The molecule has 2 heterocycles. The molecule has 3 rings (SSSR count). The molecule has 2 amide bonds. The third-order valence-corrected chi connectivity index (χ3v) is 3.41. The van der Waals surface area contributed by atoms with Gasteiger partial charge in [-0.1, -0.05) is 19.1 Å². The second kappa shape index (κ2) is 3.90. The highest BCUT2D eigenvalue weighted by Gasteiger charge is 2.46. The van der Waals surface area contributed by atoms with Gasteiger partial charge in [0.2, 0.25) is 0 Å². The van der Waals surface area contributed by atoms with Crippen molar-refractivity contribution in [2.24, 2.45) is 0 Å². The van der Waals surface area contributed by atoms with Crippen LogP contribution in [0.1, 0.15) is 34.1 Å². The molecule has 0 aromatic heterocycles. The first-order chi connectivity index (χ1) is 8.67. The molecule has 0 aliphatic carbocycles. The molecule has 1 aromatic carbocycles. The van der Waals surface area contributed by atoms with E-state index in [0.717, 1.165) is 11.5 Å². The van der Waals surface area contributed by atoms with Crippen molar-refractivity contribution >= 4 is 11.8 Å². The number of fused-ring (bicyclic) bond motifs is 1. The number of imide groups is 1. The number of carbonyl (C=O) groups excluding carboxylic acids is 2. The van der Waals surface area contributed by atoms with E-state index in [2.05, 4.69) is 0 Å². The highest BCUT2D eigenvalue weighted by Crippen LogP contribution is 2.32. The third kappa shape index (κ3) is 1.63. The fraction of sp³-hybridized carbons (Fsp3) is 0.385. The number of amides is 2. The van der Waals surface area contributed by atoms with Gasteiger partial charge in [-0.3, -0.25) is 14.4 Å². The van der Waals surface area contributed by atoms with Crippen molar-refractivity contribution in [1.82, 2.24) is 5.06 Å². The molecule has 0 N–H and O–H groups in total. The molecule has 18 heavy (non-hydrogen) atoms. The minimum atomic E-state index is -0.400. The molecule has 2 aliphatic rings. The van der Waals surface area contributed by atoms with E-state index in [-0.39, 0.29) is 12.2 Å². The Morgan fingerprint density at radius 2 is 1.83 bits per heavy atom. The van der Waals surface area contributed by atoms with Crippen LogP contribution in [0.3, 0.4) is 0 Å². The predicted octanol–water partition coefficient (Wildman–Crippen LogP) is 1.39. The SMILES string of the molecule is CC[C@@]1(CON2C(=O)c3ccccc3C2=O)CO1. The summed E-state index contributed by atoms with van der Waals surface area (Å²) < 4.78 is 5.28. The molecule has 1 aromatic rings. The summed E-state index contributed by atoms with van der Waals surface area (Å²) in [5.41, 5.74) is 0.476. The fourth-order valence-electron chi connectivity index (χ4n) is 1.96. The summed E-state index contributed by atoms with van der Waals surface area (Å²) in [6.07, 6.45) is 0.802. The molecule has 0 unspecified atom stereocenters. The summed E-state index contributed by atoms with van der Waals surface area (Å²) in [6, 6.07) is 6.71. The van der Waals surface area contributed by atoms with Gasteiger partial charge < -0.3 is 4.74 Å². The average Bonchev–Trinajstić information content (AvgIpc) is 3.14. The topological polar surface area (TPSA) is 59.1 Å². The van der Waals surface area contributed by atoms with E-state index in [9.17, 15) is 9.59 Å². The Labute approximate surface area is 104 Å². The average molecular weight is 247 g/mol. The maximum absolute atomic E-state index is 12.0. The Hall–Kier alpha value is -1.72. The lowest BCUT2D eigenvalue weighted by Gasteiger charge is -2.16. The van der Waals surface area contributed by atoms with E-state index < -0.39 is 11.8 Å². The van der Waals surface area contributed by atoms with Crippen molar-refractivity contribution in [3.05, 3.63) is 35.4 Å². The number of nitrogens with zero attached hydrogens (tertiary/aromatic N) is 1. The summed E-state index contributed by atoms with van der Waals surface area (Å²) in [7, 11) is 0. The minimum Gasteiger partial charge on any atom is -0.367 e. The fourth-order valence-corrected chi connectivity index (χ4v) is 1.96. The summed E-state index contributed by atoms with van der Waals surface area (Å²) in [5.74, 6) is -0.801. The smallest absolute Gasteiger partial charge is 0.285 e. The number of hydrogen-bond donors (Lipinski definition) is 0. The zero-order valence-corrected chi connectivity index (χ0v) is 10.0. The summed E-state index contributed by atoms with van der Waals surface area (Å²) in [4.78, 5) is 29.3. The van der Waals surface area contributed by atoms with Crippen LogP contribution in [0.5, 0.6) is 0 Å². The summed E-state index contributed by atoms with van der Waals surface area (Å²) in [6.45, 7) is 2.83. The van der Waals surface area contributed by atoms with Crippen LogP contribution >= 0.6 is 0 Å². The number of epoxide rings is 1. The lowest BCUT2D eigenvalue weighted by molar-refractivity contribution is -0.107. The van der Waals surface area contributed by atoms with Crippen LogP contribution in [0.4, 0.5) is 0 Å². The Morgan fingerprint density at radius 3 is 2.28 bits per heavy atom. The molecule has 0 bridgehead atoms. The van der Waals surface area contributed by atoms with Gasteiger partial charge in [-0.05, 0) is 18.6 Å². The van der Waals surface area contributed by atoms with Crippen LogP contribution in [0.2, 0.25) is 0 Å². The Balaban J connectivity index is 1.76. The van der Waals surface area contributed by atoms with Gasteiger partial charge in [0, 0.05) is 0 Å². The van der Waals surface area contributed by atoms with Crippen molar-refractivity contribution in [3.8, 4) is 0 Å². The van der Waals surface area contributed by atoms with Crippen molar-refractivity contribution in [2.45, 2.75) is 18.9 Å². The van der Waals surface area contributed by atoms with Crippen LogP contribution in [-0.4, -0.2) is 35.7 Å². The standard InChI is InChI=1S/C13H13NO4/c1-2-13(7-17-13)8-18-14-11(15)9-5-3-4-6-10(9)12(14)16/h3-6H,2,7-8H2,1H3/t13-/m0/s1. The highest BCUT2D eigenvalue weighted by atomic mass is 16.7. The van der Waals surface area contributed by atoms with Gasteiger partial charge in [0.25, 0.3) is 11.8 Å². The Kier molecular flexibility index (Phi) is 2.46. The second-order valence-electron chi connectivity index (χ2n) is 4.55. The first kappa shape index (κ1) is 11.4. The number of hydroxylamine groups is 2. The molecular formula is C13H13NO4. The molecule has 0 saturated carbocycles. The zero-order chi connectivity index (χ0) is 12.8. The molecule has 1 atom stereocenters. The Morgan fingerprint density at radius 1 is 1.28 bits per heavy atom. The molecule has 5 nitrogen and oxygen atoms in total. The largest absolute Gasteiger partial charge is 0.367 e. The van der Waals surface area contributed by atoms with Gasteiger partial charge in [0.05, 0.1) is 17.7 Å². The Bertz CT molecular complexity index is 486. The van der Waals surface area contributed by atoms with Gasteiger partial charge in [0.1, 0.15) is 12.2 Å². The van der Waals surface area contributed by atoms with E-state index in [1.165, 1.54) is 0 Å². The van der Waals surface area contributed by atoms with E-state index in [0.29, 0.717) is 17.7 Å². The summed E-state index contributed by atoms with van der Waals surface area (Å²) >= 11 is 0. The minimum absolute atomic E-state index is 0.231. The third-order valence-electron chi connectivity index (χ3n) is 3.41. The van der Waals surface area contributed by atoms with Crippen molar-refractivity contribution < 1.29 is 19.2 Å². The number of hydrogen-bond acceptors (Lipinski definition) is 4. The first-order valence-electron chi connectivity index (χ1n) is 5.91. The monoisotopic (exact) mass is 247 g/mol. The first-order valence-corrected chi connectivity index (χ1v) is 5.91. The molecule has 5 heteroatoms. The van der Waals surface area contributed by atoms with E-state index in [1.54, 1.807) is 24.3 Å². The summed E-state index contributed by atoms with van der Waals surface area (Å²) in [5, 5.41) is 0.837. The maximum Gasteiger partial charge on any atom is 0.285 e. The van der Waals surface area contributed by atoms with Crippen molar-refractivity contribution in [2.75, 3.05) is 13.2 Å². The predicted molar refractivity (Wildman–Crippen MR) is 61.9 cm³/mol. The number of benzene rings is 1. The molecule has 0 radical (unpaired) electrons. The van der Waals surface area contributed by atoms with Crippen LogP contribution in [0.25, 0.3) is 0 Å². The lowest BCUT2D eigenvalue weighted by atomic mass is 10.1. The van der Waals surface area contributed by atoms with E-state index >= 15 is 0 Å². The number of rotatable bonds is 4. The molecule has 94 valence electrons. The van der Waals surface area contributed by atoms with Crippen LogP contribution < -0.4 is 0 Å². The number of ether oxygens (including phenoxy) is 1. The zero-order valence-electron chi connectivity index (χ0n) is 10.0. The molecular weight excluding hydrogens is 234 g/mol. The number of carbonyl (C=O) groups is 2. The maximum atomic E-state index is 12.0. The van der Waals surface area contributed by atoms with Gasteiger partial charge >= 0.3 is 0 Å². The van der Waals surface area contributed by atoms with Crippen LogP contribution in [0.15, 0.2) is 24.3 Å². The van der Waals surface area contributed by atoms with Gasteiger partial charge in [0.15, 0.2) is 0 Å². The molecule has 2 aliphatic heterocycles. The van der Waals surface area contributed by atoms with Gasteiger partial charge in [-0.25, -0.2) is 0 Å². The van der Waals surface area contributed by atoms with Gasteiger partial charge in [-0.15, -0.1) is 5.06 Å². The second-order valence-corrected chi connectivity index (χ2v) is 4.55. The molecule has 0 spiro atoms. The van der Waals surface area contributed by atoms with Crippen LogP contribution in [-0.2, 0) is 9.57 Å². The van der Waals surface area contributed by atoms with Crippen molar-refractivity contribution in [3.63, 3.8) is 0 Å². The normalized spacial score (nSPS) is 25.5. The molecule has 1 fully saturated rings. The van der Waals surface area contributed by atoms with E-state index in [1.807, 2.05) is 6.92 Å². The van der Waals surface area contributed by atoms with E-state index in [4.69, 9.17) is 9.57 Å².